The molecule has 2 atom stereocenters. The summed E-state index contributed by atoms with van der Waals surface area (Å²) < 4.78 is 5.06. The number of rotatable bonds is 2. The van der Waals surface area contributed by atoms with E-state index in [1.807, 2.05) is 25.1 Å². The fraction of sp³-hybridized carbons (Fsp3) is 0.600. The molecule has 1 saturated carbocycles. The van der Waals surface area contributed by atoms with Crippen molar-refractivity contribution < 1.29 is 9.53 Å². The Morgan fingerprint density at radius 1 is 1.53 bits per heavy atom. The van der Waals surface area contributed by atoms with Gasteiger partial charge in [0.05, 0.1) is 12.5 Å². The summed E-state index contributed by atoms with van der Waals surface area (Å²) in [6.45, 7) is 3.67. The molecule has 1 saturated heterocycles. The lowest BCUT2D eigenvalue weighted by atomic mass is 9.81. The molecule has 4 nitrogen and oxygen atoms in total. The van der Waals surface area contributed by atoms with Crippen LogP contribution < -0.4 is 4.90 Å². The van der Waals surface area contributed by atoms with Crippen LogP contribution in [0.2, 0.25) is 0 Å². The van der Waals surface area contributed by atoms with Crippen LogP contribution in [0.4, 0.5) is 5.82 Å². The molecule has 1 aliphatic heterocycles. The zero-order valence-corrected chi connectivity index (χ0v) is 11.6. The van der Waals surface area contributed by atoms with Crippen LogP contribution in [0.3, 0.4) is 0 Å². The second-order valence-corrected chi connectivity index (χ2v) is 5.75. The minimum atomic E-state index is -0.291. The number of fused-ring (bicyclic) bond motifs is 1. The number of carbonyl (C=O) groups excluding carboxylic acids is 1. The van der Waals surface area contributed by atoms with Gasteiger partial charge in [0.25, 0.3) is 0 Å². The summed E-state index contributed by atoms with van der Waals surface area (Å²) in [5.74, 6) is 1.37. The standard InChI is InChI=1S/C15H20N2O2/c1-11-5-3-7-13(16-11)17-9-12-6-4-8-15(12,10-17)14(18)19-2/h3,5,7,12H,4,6,8-10H2,1-2H3/t12-,15+/m0/s1. The SMILES string of the molecule is COC(=O)[C@@]12CCC[C@H]1CN(c1cccc(C)n1)C2. The third-order valence-corrected chi connectivity index (χ3v) is 4.66. The lowest BCUT2D eigenvalue weighted by Gasteiger charge is -2.25. The van der Waals surface area contributed by atoms with Crippen molar-refractivity contribution in [2.24, 2.45) is 11.3 Å². The van der Waals surface area contributed by atoms with E-state index in [1.165, 1.54) is 7.11 Å². The fourth-order valence-electron chi connectivity index (χ4n) is 3.71. The second kappa shape index (κ2) is 4.51. The van der Waals surface area contributed by atoms with Crippen LogP contribution >= 0.6 is 0 Å². The summed E-state index contributed by atoms with van der Waals surface area (Å²) in [4.78, 5) is 19.0. The molecule has 0 bridgehead atoms. The number of aryl methyl sites for hydroxylation is 1. The molecule has 102 valence electrons. The van der Waals surface area contributed by atoms with Gasteiger partial charge in [-0.3, -0.25) is 4.79 Å². The van der Waals surface area contributed by atoms with Crippen molar-refractivity contribution in [1.82, 2.24) is 4.98 Å². The Labute approximate surface area is 113 Å². The molecule has 0 N–H and O–H groups in total. The molecule has 1 aliphatic carbocycles. The van der Waals surface area contributed by atoms with Gasteiger partial charge in [0.1, 0.15) is 5.82 Å². The van der Waals surface area contributed by atoms with E-state index < -0.39 is 0 Å². The molecule has 2 fully saturated rings. The van der Waals surface area contributed by atoms with E-state index >= 15 is 0 Å². The minimum Gasteiger partial charge on any atom is -0.469 e. The first-order chi connectivity index (χ1) is 9.15. The lowest BCUT2D eigenvalue weighted by molar-refractivity contribution is -0.152. The molecule has 0 spiro atoms. The van der Waals surface area contributed by atoms with Gasteiger partial charge in [0.15, 0.2) is 0 Å². The number of esters is 1. The largest absolute Gasteiger partial charge is 0.469 e. The molecule has 3 rings (SSSR count). The predicted octanol–water partition coefficient (Wildman–Crippen LogP) is 2.17. The summed E-state index contributed by atoms with van der Waals surface area (Å²) >= 11 is 0. The van der Waals surface area contributed by atoms with Gasteiger partial charge in [-0.05, 0) is 37.8 Å². The average molecular weight is 260 g/mol. The quantitative estimate of drug-likeness (QED) is 0.764. The van der Waals surface area contributed by atoms with Crippen molar-refractivity contribution in [2.45, 2.75) is 26.2 Å². The summed E-state index contributed by atoms with van der Waals surface area (Å²) in [6, 6.07) is 6.05. The molecular formula is C15H20N2O2. The molecule has 1 aromatic rings. The molecular weight excluding hydrogens is 240 g/mol. The topological polar surface area (TPSA) is 42.4 Å². The lowest BCUT2D eigenvalue weighted by Crippen LogP contribution is -2.37. The van der Waals surface area contributed by atoms with Crippen molar-refractivity contribution in [2.75, 3.05) is 25.1 Å². The Hall–Kier alpha value is -1.58. The first-order valence-corrected chi connectivity index (χ1v) is 6.93. The van der Waals surface area contributed by atoms with Crippen LogP contribution in [0.1, 0.15) is 25.0 Å². The van der Waals surface area contributed by atoms with Crippen LogP contribution in [0, 0.1) is 18.3 Å². The van der Waals surface area contributed by atoms with Gasteiger partial charge in [-0.15, -0.1) is 0 Å². The number of methoxy groups -OCH3 is 1. The van der Waals surface area contributed by atoms with Crippen LogP contribution in [0.25, 0.3) is 0 Å². The average Bonchev–Trinajstić information content (AvgIpc) is 2.95. The summed E-state index contributed by atoms with van der Waals surface area (Å²) in [5, 5.41) is 0. The Bertz CT molecular complexity index is 503. The van der Waals surface area contributed by atoms with Gasteiger partial charge < -0.3 is 9.64 Å². The van der Waals surface area contributed by atoms with E-state index in [-0.39, 0.29) is 11.4 Å². The molecule has 0 unspecified atom stereocenters. The number of carbonyl (C=O) groups is 1. The van der Waals surface area contributed by atoms with E-state index in [1.54, 1.807) is 0 Å². The number of anilines is 1. The number of hydrogen-bond acceptors (Lipinski definition) is 4. The Morgan fingerprint density at radius 3 is 3.11 bits per heavy atom. The number of aromatic nitrogens is 1. The first kappa shape index (κ1) is 12.5. The maximum Gasteiger partial charge on any atom is 0.313 e. The molecule has 4 heteroatoms. The van der Waals surface area contributed by atoms with E-state index in [9.17, 15) is 4.79 Å². The van der Waals surface area contributed by atoms with Crippen molar-refractivity contribution >= 4 is 11.8 Å². The van der Waals surface area contributed by atoms with E-state index in [0.29, 0.717) is 5.92 Å². The second-order valence-electron chi connectivity index (χ2n) is 5.75. The van der Waals surface area contributed by atoms with E-state index in [4.69, 9.17) is 4.74 Å². The van der Waals surface area contributed by atoms with Gasteiger partial charge in [-0.25, -0.2) is 4.98 Å². The maximum absolute atomic E-state index is 12.2. The van der Waals surface area contributed by atoms with E-state index in [2.05, 4.69) is 9.88 Å². The first-order valence-electron chi connectivity index (χ1n) is 6.93. The van der Waals surface area contributed by atoms with Gasteiger partial charge in [0, 0.05) is 18.8 Å². The molecule has 2 heterocycles. The fourth-order valence-corrected chi connectivity index (χ4v) is 3.71. The van der Waals surface area contributed by atoms with E-state index in [0.717, 1.165) is 43.9 Å². The number of ether oxygens (including phenoxy) is 1. The monoisotopic (exact) mass is 260 g/mol. The summed E-state index contributed by atoms with van der Waals surface area (Å²) in [5.41, 5.74) is 0.724. The highest BCUT2D eigenvalue weighted by molar-refractivity contribution is 5.79. The van der Waals surface area contributed by atoms with Crippen LogP contribution in [-0.4, -0.2) is 31.2 Å². The minimum absolute atomic E-state index is 0.0369. The van der Waals surface area contributed by atoms with Crippen LogP contribution in [-0.2, 0) is 9.53 Å². The van der Waals surface area contributed by atoms with Crippen LogP contribution in [0.5, 0.6) is 0 Å². The molecule has 2 aliphatic rings. The zero-order chi connectivity index (χ0) is 13.5. The van der Waals surface area contributed by atoms with Crippen molar-refractivity contribution in [3.8, 4) is 0 Å². The molecule has 0 amide bonds. The van der Waals surface area contributed by atoms with Crippen molar-refractivity contribution in [1.29, 1.82) is 0 Å². The predicted molar refractivity (Wildman–Crippen MR) is 73.0 cm³/mol. The zero-order valence-electron chi connectivity index (χ0n) is 11.6. The number of nitrogens with zero attached hydrogens (tertiary/aromatic N) is 2. The molecule has 0 aromatic carbocycles. The highest BCUT2D eigenvalue weighted by Crippen LogP contribution is 2.50. The molecule has 19 heavy (non-hydrogen) atoms. The van der Waals surface area contributed by atoms with Crippen LogP contribution in [0.15, 0.2) is 18.2 Å². The Kier molecular flexibility index (Phi) is 2.96. The molecule has 1 aromatic heterocycles. The number of pyridine rings is 1. The van der Waals surface area contributed by atoms with Gasteiger partial charge >= 0.3 is 5.97 Å². The van der Waals surface area contributed by atoms with Gasteiger partial charge in [0.2, 0.25) is 0 Å². The van der Waals surface area contributed by atoms with Crippen molar-refractivity contribution in [3.05, 3.63) is 23.9 Å². The Balaban J connectivity index is 1.88. The Morgan fingerprint density at radius 2 is 2.37 bits per heavy atom. The highest BCUT2D eigenvalue weighted by atomic mass is 16.5. The third-order valence-electron chi connectivity index (χ3n) is 4.66. The molecule has 0 radical (unpaired) electrons. The maximum atomic E-state index is 12.2. The normalized spacial score (nSPS) is 29.4. The smallest absolute Gasteiger partial charge is 0.313 e. The van der Waals surface area contributed by atoms with Gasteiger partial charge in [-0.1, -0.05) is 12.5 Å². The third kappa shape index (κ3) is 1.90. The van der Waals surface area contributed by atoms with Crippen molar-refractivity contribution in [3.63, 3.8) is 0 Å². The number of hydrogen-bond donors (Lipinski definition) is 0. The highest BCUT2D eigenvalue weighted by Gasteiger charge is 2.55. The summed E-state index contributed by atoms with van der Waals surface area (Å²) in [7, 11) is 1.50. The summed E-state index contributed by atoms with van der Waals surface area (Å²) in [6.07, 6.45) is 3.21. The van der Waals surface area contributed by atoms with Gasteiger partial charge in [-0.2, -0.15) is 0 Å².